The van der Waals surface area contributed by atoms with Gasteiger partial charge in [-0.1, -0.05) is 0 Å². The van der Waals surface area contributed by atoms with Crippen LogP contribution in [0.15, 0.2) is 29.3 Å². The predicted molar refractivity (Wildman–Crippen MR) is 50.9 cm³/mol. The molecule has 0 saturated carbocycles. The standard InChI is InChI=1S/C9H10N4O2/c1-13(4-8-10-6-11-12-8)9(14)7-2-3-15-5-7/h2-3,5-6H,4H2,1H3,(H,10,11,12). The molecule has 0 atom stereocenters. The summed E-state index contributed by atoms with van der Waals surface area (Å²) >= 11 is 0. The van der Waals surface area contributed by atoms with E-state index in [2.05, 4.69) is 15.2 Å². The summed E-state index contributed by atoms with van der Waals surface area (Å²) in [6, 6.07) is 1.62. The van der Waals surface area contributed by atoms with E-state index in [0.717, 1.165) is 0 Å². The van der Waals surface area contributed by atoms with Gasteiger partial charge in [0.2, 0.25) is 0 Å². The molecule has 0 aliphatic heterocycles. The lowest BCUT2D eigenvalue weighted by molar-refractivity contribution is 0.0781. The van der Waals surface area contributed by atoms with Crippen molar-refractivity contribution in [2.45, 2.75) is 6.54 Å². The Hall–Kier alpha value is -2.11. The van der Waals surface area contributed by atoms with E-state index in [0.29, 0.717) is 17.9 Å². The molecule has 0 aromatic carbocycles. The second kappa shape index (κ2) is 3.95. The molecule has 2 aromatic heterocycles. The summed E-state index contributed by atoms with van der Waals surface area (Å²) in [5.74, 6) is 0.537. The number of hydrogen-bond acceptors (Lipinski definition) is 4. The molecular weight excluding hydrogens is 196 g/mol. The van der Waals surface area contributed by atoms with Crippen LogP contribution in [-0.2, 0) is 6.54 Å². The number of nitrogens with one attached hydrogen (secondary N) is 1. The van der Waals surface area contributed by atoms with E-state index >= 15 is 0 Å². The Morgan fingerprint density at radius 1 is 1.67 bits per heavy atom. The number of amides is 1. The van der Waals surface area contributed by atoms with Crippen LogP contribution in [0.2, 0.25) is 0 Å². The van der Waals surface area contributed by atoms with E-state index in [1.807, 2.05) is 0 Å². The topological polar surface area (TPSA) is 75.0 Å². The molecule has 0 fully saturated rings. The monoisotopic (exact) mass is 206 g/mol. The summed E-state index contributed by atoms with van der Waals surface area (Å²) in [6.45, 7) is 0.393. The highest BCUT2D eigenvalue weighted by Crippen LogP contribution is 2.05. The zero-order chi connectivity index (χ0) is 10.7. The molecule has 2 rings (SSSR count). The van der Waals surface area contributed by atoms with Gasteiger partial charge in [-0.2, -0.15) is 5.10 Å². The lowest BCUT2D eigenvalue weighted by Gasteiger charge is -2.13. The third-order valence-corrected chi connectivity index (χ3v) is 1.97. The van der Waals surface area contributed by atoms with Crippen LogP contribution in [0.3, 0.4) is 0 Å². The minimum Gasteiger partial charge on any atom is -0.472 e. The molecule has 1 amide bonds. The van der Waals surface area contributed by atoms with Crippen LogP contribution in [0.1, 0.15) is 16.2 Å². The van der Waals surface area contributed by atoms with Crippen molar-refractivity contribution in [3.63, 3.8) is 0 Å². The molecule has 0 aliphatic rings. The highest BCUT2D eigenvalue weighted by Gasteiger charge is 2.13. The van der Waals surface area contributed by atoms with Crippen molar-refractivity contribution < 1.29 is 9.21 Å². The number of rotatable bonds is 3. The summed E-state index contributed by atoms with van der Waals surface area (Å²) in [7, 11) is 1.69. The first-order valence-corrected chi connectivity index (χ1v) is 4.39. The van der Waals surface area contributed by atoms with Crippen LogP contribution in [0.25, 0.3) is 0 Å². The molecule has 15 heavy (non-hydrogen) atoms. The molecule has 1 N–H and O–H groups in total. The Morgan fingerprint density at radius 2 is 2.53 bits per heavy atom. The molecule has 0 radical (unpaired) electrons. The second-order valence-electron chi connectivity index (χ2n) is 3.11. The third kappa shape index (κ3) is 2.04. The van der Waals surface area contributed by atoms with Gasteiger partial charge in [-0.05, 0) is 6.07 Å². The first-order valence-electron chi connectivity index (χ1n) is 4.39. The first-order chi connectivity index (χ1) is 7.27. The van der Waals surface area contributed by atoms with Crippen molar-refractivity contribution in [2.75, 3.05) is 7.05 Å². The molecule has 78 valence electrons. The van der Waals surface area contributed by atoms with E-state index in [4.69, 9.17) is 4.42 Å². The minimum atomic E-state index is -0.111. The zero-order valence-electron chi connectivity index (χ0n) is 8.17. The van der Waals surface area contributed by atoms with Gasteiger partial charge in [0.1, 0.15) is 18.4 Å². The molecule has 2 heterocycles. The fraction of sp³-hybridized carbons (Fsp3) is 0.222. The zero-order valence-corrected chi connectivity index (χ0v) is 8.17. The van der Waals surface area contributed by atoms with Gasteiger partial charge in [0.25, 0.3) is 5.91 Å². The molecule has 2 aromatic rings. The van der Waals surface area contributed by atoms with E-state index in [1.54, 1.807) is 13.1 Å². The van der Waals surface area contributed by atoms with Gasteiger partial charge in [-0.15, -0.1) is 0 Å². The fourth-order valence-corrected chi connectivity index (χ4v) is 1.21. The van der Waals surface area contributed by atoms with Crippen molar-refractivity contribution in [2.24, 2.45) is 0 Å². The van der Waals surface area contributed by atoms with Gasteiger partial charge < -0.3 is 9.32 Å². The maximum absolute atomic E-state index is 11.7. The van der Waals surface area contributed by atoms with E-state index in [1.165, 1.54) is 23.8 Å². The second-order valence-corrected chi connectivity index (χ2v) is 3.11. The Morgan fingerprint density at radius 3 is 3.13 bits per heavy atom. The fourth-order valence-electron chi connectivity index (χ4n) is 1.21. The number of aromatic amines is 1. The Bertz CT molecular complexity index is 421. The number of H-pyrrole nitrogens is 1. The number of carbonyl (C=O) groups is 1. The number of aromatic nitrogens is 3. The normalized spacial score (nSPS) is 10.2. The average molecular weight is 206 g/mol. The number of carbonyl (C=O) groups excluding carboxylic acids is 1. The van der Waals surface area contributed by atoms with Crippen molar-refractivity contribution in [3.8, 4) is 0 Å². The van der Waals surface area contributed by atoms with Crippen LogP contribution < -0.4 is 0 Å². The Labute approximate surface area is 85.9 Å². The third-order valence-electron chi connectivity index (χ3n) is 1.97. The summed E-state index contributed by atoms with van der Waals surface area (Å²) in [5, 5.41) is 6.39. The van der Waals surface area contributed by atoms with Crippen molar-refractivity contribution in [1.82, 2.24) is 20.1 Å². The van der Waals surface area contributed by atoms with Gasteiger partial charge in [-0.3, -0.25) is 9.89 Å². The molecule has 0 saturated heterocycles. The summed E-state index contributed by atoms with van der Waals surface area (Å²) in [6.07, 6.45) is 4.29. The number of hydrogen-bond donors (Lipinski definition) is 1. The average Bonchev–Trinajstić information content (AvgIpc) is 2.88. The molecule has 0 unspecified atom stereocenters. The lowest BCUT2D eigenvalue weighted by atomic mass is 10.3. The first kappa shape index (κ1) is 9.45. The van der Waals surface area contributed by atoms with Crippen molar-refractivity contribution in [1.29, 1.82) is 0 Å². The molecule has 0 aliphatic carbocycles. The summed E-state index contributed by atoms with van der Waals surface area (Å²) in [5.41, 5.74) is 0.525. The van der Waals surface area contributed by atoms with Gasteiger partial charge in [0.05, 0.1) is 18.4 Å². The summed E-state index contributed by atoms with van der Waals surface area (Å²) < 4.78 is 4.84. The van der Waals surface area contributed by atoms with Gasteiger partial charge in [0.15, 0.2) is 0 Å². The SMILES string of the molecule is CN(Cc1ncn[nH]1)C(=O)c1ccoc1. The smallest absolute Gasteiger partial charge is 0.257 e. The van der Waals surface area contributed by atoms with Crippen LogP contribution in [0.4, 0.5) is 0 Å². The van der Waals surface area contributed by atoms with Crippen molar-refractivity contribution in [3.05, 3.63) is 36.3 Å². The highest BCUT2D eigenvalue weighted by molar-refractivity contribution is 5.93. The predicted octanol–water partition coefficient (Wildman–Crippen LogP) is 0.670. The molecule has 6 nitrogen and oxygen atoms in total. The van der Waals surface area contributed by atoms with Crippen LogP contribution in [0, 0.1) is 0 Å². The maximum Gasteiger partial charge on any atom is 0.257 e. The number of nitrogens with zero attached hydrogens (tertiary/aromatic N) is 3. The molecular formula is C9H10N4O2. The van der Waals surface area contributed by atoms with E-state index < -0.39 is 0 Å². The minimum absolute atomic E-state index is 0.111. The lowest BCUT2D eigenvalue weighted by Crippen LogP contribution is -2.26. The van der Waals surface area contributed by atoms with Crippen LogP contribution >= 0.6 is 0 Å². The summed E-state index contributed by atoms with van der Waals surface area (Å²) in [4.78, 5) is 17.2. The van der Waals surface area contributed by atoms with Gasteiger partial charge >= 0.3 is 0 Å². The quantitative estimate of drug-likeness (QED) is 0.800. The molecule has 0 bridgehead atoms. The van der Waals surface area contributed by atoms with Crippen molar-refractivity contribution >= 4 is 5.91 Å². The van der Waals surface area contributed by atoms with Crippen LogP contribution in [-0.4, -0.2) is 33.0 Å². The Balaban J connectivity index is 2.03. The van der Waals surface area contributed by atoms with E-state index in [9.17, 15) is 4.79 Å². The van der Waals surface area contributed by atoms with Crippen LogP contribution in [0.5, 0.6) is 0 Å². The van der Waals surface area contributed by atoms with E-state index in [-0.39, 0.29) is 5.91 Å². The molecule has 0 spiro atoms. The maximum atomic E-state index is 11.7. The largest absolute Gasteiger partial charge is 0.472 e. The van der Waals surface area contributed by atoms with Gasteiger partial charge in [-0.25, -0.2) is 4.98 Å². The number of furan rings is 1. The Kier molecular flexibility index (Phi) is 2.49. The molecule has 6 heteroatoms. The van der Waals surface area contributed by atoms with Gasteiger partial charge in [0, 0.05) is 7.05 Å². The highest BCUT2D eigenvalue weighted by atomic mass is 16.3.